The Labute approximate surface area is 387 Å². The van der Waals surface area contributed by atoms with Gasteiger partial charge in [-0.05, 0) is 121 Å². The summed E-state index contributed by atoms with van der Waals surface area (Å²) in [7, 11) is 0. The van der Waals surface area contributed by atoms with Gasteiger partial charge in [0.25, 0.3) is 0 Å². The third kappa shape index (κ3) is 8.81. The van der Waals surface area contributed by atoms with Gasteiger partial charge in [0.15, 0.2) is 0 Å². The summed E-state index contributed by atoms with van der Waals surface area (Å²) in [4.78, 5) is 9.84. The van der Waals surface area contributed by atoms with Gasteiger partial charge in [0.1, 0.15) is 17.3 Å². The van der Waals surface area contributed by atoms with Crippen molar-refractivity contribution in [1.82, 2.24) is 9.55 Å². The first-order valence-electron chi connectivity index (χ1n) is 23.1. The fourth-order valence-corrected chi connectivity index (χ4v) is 8.84. The number of benzene rings is 6. The third-order valence-corrected chi connectivity index (χ3v) is 12.9. The van der Waals surface area contributed by atoms with Gasteiger partial charge >= 0.3 is 0 Å². The van der Waals surface area contributed by atoms with Crippen molar-refractivity contribution in [2.24, 2.45) is 0 Å². The van der Waals surface area contributed by atoms with Crippen molar-refractivity contribution in [3.05, 3.63) is 186 Å². The standard InChI is InChI=1S/C60H64N4O/c1-57(2,3)43-27-28-61-56(35-43)64-53-26-23-42(40-19-15-13-16-20-40)29-52(53)51-25-24-49(37-54(51)64)65-50-34-46(60(10,11)12)33-48(36-50)63-39-62(38-55(63)41-21-17-14-18-22-41)47-31-44(58(4,5)6)30-45(32-47)59(7,8)9/h13-38H,39H2,1-12H3. The van der Waals surface area contributed by atoms with E-state index in [1.807, 2.05) is 6.20 Å². The molecule has 1 aliphatic heterocycles. The van der Waals surface area contributed by atoms with Crippen LogP contribution in [0.2, 0.25) is 0 Å². The van der Waals surface area contributed by atoms with E-state index in [2.05, 4.69) is 249 Å². The van der Waals surface area contributed by atoms with Crippen LogP contribution in [0.25, 0.3) is 44.4 Å². The van der Waals surface area contributed by atoms with Crippen LogP contribution in [0.4, 0.5) is 11.4 Å². The lowest BCUT2D eigenvalue weighted by Gasteiger charge is -2.30. The predicted molar refractivity (Wildman–Crippen MR) is 276 cm³/mol. The fourth-order valence-electron chi connectivity index (χ4n) is 8.84. The first kappa shape index (κ1) is 43.7. The maximum Gasteiger partial charge on any atom is 0.137 e. The lowest BCUT2D eigenvalue weighted by molar-refractivity contribution is 0.479. The number of hydrogen-bond donors (Lipinski definition) is 0. The molecule has 1 aliphatic rings. The zero-order valence-corrected chi connectivity index (χ0v) is 40.4. The average Bonchev–Trinajstić information content (AvgIpc) is 3.86. The Morgan fingerprint density at radius 3 is 1.68 bits per heavy atom. The molecule has 0 bridgehead atoms. The molecular weight excluding hydrogens is 793 g/mol. The van der Waals surface area contributed by atoms with Crippen molar-refractivity contribution in [2.45, 2.75) is 105 Å². The predicted octanol–water partition coefficient (Wildman–Crippen LogP) is 16.1. The molecule has 0 spiro atoms. The van der Waals surface area contributed by atoms with Crippen molar-refractivity contribution in [2.75, 3.05) is 16.5 Å². The van der Waals surface area contributed by atoms with Gasteiger partial charge in [-0.1, -0.05) is 156 Å². The Morgan fingerprint density at radius 2 is 1.05 bits per heavy atom. The molecule has 330 valence electrons. The molecule has 2 aromatic heterocycles. The van der Waals surface area contributed by atoms with Gasteiger partial charge in [0.05, 0.1) is 23.4 Å². The van der Waals surface area contributed by atoms with Gasteiger partial charge in [-0.3, -0.25) is 4.57 Å². The Kier molecular flexibility index (Phi) is 10.8. The van der Waals surface area contributed by atoms with E-state index in [1.165, 1.54) is 50.0 Å². The summed E-state index contributed by atoms with van der Waals surface area (Å²) in [6.45, 7) is 28.1. The third-order valence-electron chi connectivity index (χ3n) is 12.9. The van der Waals surface area contributed by atoms with Gasteiger partial charge < -0.3 is 14.5 Å². The molecule has 0 aliphatic carbocycles. The number of ether oxygens (including phenoxy) is 1. The number of hydrogen-bond acceptors (Lipinski definition) is 4. The molecule has 0 radical (unpaired) electrons. The smallest absolute Gasteiger partial charge is 0.137 e. The highest BCUT2D eigenvalue weighted by Crippen LogP contribution is 2.43. The Hall–Kier alpha value is -6.59. The molecule has 0 unspecified atom stereocenters. The average molecular weight is 857 g/mol. The molecule has 0 N–H and O–H groups in total. The number of nitrogens with zero attached hydrogens (tertiary/aromatic N) is 4. The van der Waals surface area contributed by atoms with E-state index in [9.17, 15) is 0 Å². The molecule has 5 nitrogen and oxygen atoms in total. The minimum absolute atomic E-state index is 0.00410. The van der Waals surface area contributed by atoms with Crippen molar-refractivity contribution < 1.29 is 4.74 Å². The van der Waals surface area contributed by atoms with Crippen LogP contribution in [-0.4, -0.2) is 16.2 Å². The highest BCUT2D eigenvalue weighted by atomic mass is 16.5. The minimum atomic E-state index is -0.136. The second-order valence-corrected chi connectivity index (χ2v) is 22.0. The maximum absolute atomic E-state index is 7.05. The van der Waals surface area contributed by atoms with Crippen molar-refractivity contribution in [3.8, 4) is 28.4 Å². The van der Waals surface area contributed by atoms with E-state index >= 15 is 0 Å². The molecule has 8 aromatic rings. The van der Waals surface area contributed by atoms with Crippen LogP contribution in [0.15, 0.2) is 158 Å². The van der Waals surface area contributed by atoms with Crippen LogP contribution in [0.3, 0.4) is 0 Å². The molecule has 5 heteroatoms. The Bertz CT molecular complexity index is 3040. The molecular formula is C60H64N4O. The number of anilines is 2. The summed E-state index contributed by atoms with van der Waals surface area (Å²) >= 11 is 0. The normalized spacial score (nSPS) is 13.8. The Morgan fingerprint density at radius 1 is 0.446 bits per heavy atom. The molecule has 3 heterocycles. The number of pyridine rings is 1. The number of aromatic nitrogens is 2. The van der Waals surface area contributed by atoms with E-state index in [0.29, 0.717) is 6.67 Å². The highest BCUT2D eigenvalue weighted by Gasteiger charge is 2.29. The largest absolute Gasteiger partial charge is 0.457 e. The highest BCUT2D eigenvalue weighted by molar-refractivity contribution is 6.10. The van der Waals surface area contributed by atoms with Crippen LogP contribution in [0, 0.1) is 0 Å². The molecule has 9 rings (SSSR count). The quantitative estimate of drug-likeness (QED) is 0.160. The fraction of sp³-hybridized carbons (Fsp3) is 0.283. The molecule has 0 amide bonds. The van der Waals surface area contributed by atoms with Crippen LogP contribution in [-0.2, 0) is 21.7 Å². The van der Waals surface area contributed by atoms with E-state index in [0.717, 1.165) is 45.1 Å². The van der Waals surface area contributed by atoms with Gasteiger partial charge in [0.2, 0.25) is 0 Å². The molecule has 0 saturated heterocycles. The molecule has 6 aromatic carbocycles. The summed E-state index contributed by atoms with van der Waals surface area (Å²) < 4.78 is 9.35. The molecule has 0 atom stereocenters. The zero-order chi connectivity index (χ0) is 46.1. The van der Waals surface area contributed by atoms with Gasteiger partial charge in [-0.15, -0.1) is 0 Å². The topological polar surface area (TPSA) is 33.5 Å². The first-order chi connectivity index (χ1) is 30.7. The van der Waals surface area contributed by atoms with Crippen LogP contribution < -0.4 is 14.5 Å². The van der Waals surface area contributed by atoms with Gasteiger partial charge in [0, 0.05) is 46.7 Å². The van der Waals surface area contributed by atoms with E-state index in [4.69, 9.17) is 9.72 Å². The number of rotatable bonds is 7. The summed E-state index contributed by atoms with van der Waals surface area (Å²) in [5.41, 5.74) is 14.1. The number of fused-ring (bicyclic) bond motifs is 3. The molecule has 0 fully saturated rings. The van der Waals surface area contributed by atoms with E-state index in [1.54, 1.807) is 0 Å². The van der Waals surface area contributed by atoms with Crippen molar-refractivity contribution in [1.29, 1.82) is 0 Å². The summed E-state index contributed by atoms with van der Waals surface area (Å²) in [6.07, 6.45) is 4.26. The summed E-state index contributed by atoms with van der Waals surface area (Å²) in [5.74, 6) is 2.45. The SMILES string of the molecule is CC(C)(C)c1cc(Oc2ccc3c4cc(-c5ccccc5)ccc4n(-c4cc(C(C)(C)C)ccn4)c3c2)cc(N2CN(c3cc(C(C)(C)C)cc(C(C)(C)C)c3)C=C2c2ccccc2)c1. The lowest BCUT2D eigenvalue weighted by atomic mass is 9.80. The Balaban J connectivity index is 1.16. The van der Waals surface area contributed by atoms with Crippen LogP contribution in [0.1, 0.15) is 111 Å². The summed E-state index contributed by atoms with van der Waals surface area (Å²) in [6, 6.07) is 53.0. The monoisotopic (exact) mass is 857 g/mol. The van der Waals surface area contributed by atoms with Crippen LogP contribution in [0.5, 0.6) is 11.5 Å². The van der Waals surface area contributed by atoms with E-state index in [-0.39, 0.29) is 21.7 Å². The van der Waals surface area contributed by atoms with Crippen molar-refractivity contribution >= 4 is 38.9 Å². The minimum Gasteiger partial charge on any atom is -0.457 e. The van der Waals surface area contributed by atoms with Crippen molar-refractivity contribution in [3.63, 3.8) is 0 Å². The van der Waals surface area contributed by atoms with E-state index < -0.39 is 0 Å². The second kappa shape index (κ2) is 16.1. The summed E-state index contributed by atoms with van der Waals surface area (Å²) in [5, 5.41) is 2.33. The van der Waals surface area contributed by atoms with Crippen LogP contribution >= 0.6 is 0 Å². The zero-order valence-electron chi connectivity index (χ0n) is 40.4. The molecule has 65 heavy (non-hydrogen) atoms. The van der Waals surface area contributed by atoms with Gasteiger partial charge in [-0.2, -0.15) is 0 Å². The lowest BCUT2D eigenvalue weighted by Crippen LogP contribution is -2.27. The maximum atomic E-state index is 7.05. The molecule has 0 saturated carbocycles. The first-order valence-corrected chi connectivity index (χ1v) is 23.1. The van der Waals surface area contributed by atoms with Gasteiger partial charge in [-0.25, -0.2) is 4.98 Å². The second-order valence-electron chi connectivity index (χ2n) is 22.0.